The average Bonchev–Trinajstić information content (AvgIpc) is 2.48. The number of benzene rings is 1. The van der Waals surface area contributed by atoms with Crippen molar-refractivity contribution in [1.29, 1.82) is 0 Å². The molecule has 1 aromatic rings. The van der Waals surface area contributed by atoms with Gasteiger partial charge in [0.15, 0.2) is 5.71 Å². The van der Waals surface area contributed by atoms with Crippen LogP contribution in [0.2, 0.25) is 0 Å². The van der Waals surface area contributed by atoms with E-state index < -0.39 is 11.9 Å². The van der Waals surface area contributed by atoms with Crippen molar-refractivity contribution < 1.29 is 19.1 Å². The minimum absolute atomic E-state index is 0.0154. The summed E-state index contributed by atoms with van der Waals surface area (Å²) < 4.78 is 9.76. The van der Waals surface area contributed by atoms with Crippen LogP contribution < -0.4 is 5.01 Å². The van der Waals surface area contributed by atoms with Crippen molar-refractivity contribution in [3.05, 3.63) is 30.3 Å². The van der Waals surface area contributed by atoms with Crippen LogP contribution in [0.3, 0.4) is 0 Å². The molecular weight excluding hydrogens is 272 g/mol. The number of carbonyl (C=O) groups excluding carboxylic acids is 2. The van der Waals surface area contributed by atoms with Crippen LogP contribution in [-0.4, -0.2) is 37.9 Å². The van der Waals surface area contributed by atoms with Gasteiger partial charge < -0.3 is 9.47 Å². The lowest BCUT2D eigenvalue weighted by atomic mass is 10.2. The molecule has 0 spiro atoms. The number of esters is 2. The molecule has 114 valence electrons. The van der Waals surface area contributed by atoms with Crippen LogP contribution in [0.25, 0.3) is 0 Å². The highest BCUT2D eigenvalue weighted by Gasteiger charge is 2.19. The number of carbonyl (C=O) groups is 2. The van der Waals surface area contributed by atoms with Crippen LogP contribution in [0.15, 0.2) is 35.4 Å². The summed E-state index contributed by atoms with van der Waals surface area (Å²) in [6.07, 6.45) is -0.218. The Morgan fingerprint density at radius 1 is 1.10 bits per heavy atom. The average molecular weight is 292 g/mol. The molecular formula is C15H20N2O4. The molecule has 0 aromatic heterocycles. The third kappa shape index (κ3) is 5.64. The van der Waals surface area contributed by atoms with Gasteiger partial charge >= 0.3 is 11.9 Å². The number of rotatable bonds is 7. The van der Waals surface area contributed by atoms with Gasteiger partial charge in [0.25, 0.3) is 0 Å². The predicted octanol–water partition coefficient (Wildman–Crippen LogP) is 2.00. The Bertz CT molecular complexity index is 500. The minimum atomic E-state index is -0.617. The molecule has 0 N–H and O–H groups in total. The number of hydrazone groups is 1. The molecule has 0 aliphatic heterocycles. The van der Waals surface area contributed by atoms with E-state index >= 15 is 0 Å². The second-order valence-corrected chi connectivity index (χ2v) is 4.11. The van der Waals surface area contributed by atoms with Crippen molar-refractivity contribution in [1.82, 2.24) is 0 Å². The standard InChI is InChI=1S/C15H20N2O4/c1-4-20-14(18)11-13(15(19)21-5-2)16-17(3)12-9-7-6-8-10-12/h6-10H,4-5,11H2,1-3H3/b16-13+. The summed E-state index contributed by atoms with van der Waals surface area (Å²) in [6.45, 7) is 3.87. The lowest BCUT2D eigenvalue weighted by Gasteiger charge is -2.15. The van der Waals surface area contributed by atoms with Crippen LogP contribution in [0.4, 0.5) is 5.69 Å². The fraction of sp³-hybridized carbons (Fsp3) is 0.400. The van der Waals surface area contributed by atoms with Gasteiger partial charge in [0.1, 0.15) is 0 Å². The van der Waals surface area contributed by atoms with Crippen LogP contribution in [0.5, 0.6) is 0 Å². The second kappa shape index (κ2) is 8.73. The molecule has 6 nitrogen and oxygen atoms in total. The number of para-hydroxylation sites is 1. The molecule has 0 aliphatic carbocycles. The van der Waals surface area contributed by atoms with Gasteiger partial charge in [0, 0.05) is 7.05 Å². The lowest BCUT2D eigenvalue weighted by molar-refractivity contribution is -0.143. The second-order valence-electron chi connectivity index (χ2n) is 4.11. The number of nitrogens with zero attached hydrogens (tertiary/aromatic N) is 2. The van der Waals surface area contributed by atoms with Gasteiger partial charge in [-0.3, -0.25) is 9.80 Å². The Morgan fingerprint density at radius 3 is 2.29 bits per heavy atom. The van der Waals surface area contributed by atoms with Crippen LogP contribution in [0, 0.1) is 0 Å². The Hall–Kier alpha value is -2.37. The highest BCUT2D eigenvalue weighted by Crippen LogP contribution is 2.12. The van der Waals surface area contributed by atoms with Crippen LogP contribution in [0.1, 0.15) is 20.3 Å². The first kappa shape index (κ1) is 16.7. The minimum Gasteiger partial charge on any atom is -0.466 e. The fourth-order valence-electron chi connectivity index (χ4n) is 1.59. The zero-order valence-corrected chi connectivity index (χ0v) is 12.5. The molecule has 0 radical (unpaired) electrons. The molecule has 0 bridgehead atoms. The van der Waals surface area contributed by atoms with E-state index in [1.807, 2.05) is 30.3 Å². The smallest absolute Gasteiger partial charge is 0.355 e. The first-order chi connectivity index (χ1) is 10.1. The van der Waals surface area contributed by atoms with Gasteiger partial charge in [-0.15, -0.1) is 0 Å². The van der Waals surface area contributed by atoms with E-state index in [1.165, 1.54) is 5.01 Å². The highest BCUT2D eigenvalue weighted by molar-refractivity contribution is 6.39. The Morgan fingerprint density at radius 2 is 1.71 bits per heavy atom. The van der Waals surface area contributed by atoms with Gasteiger partial charge in [-0.1, -0.05) is 18.2 Å². The van der Waals surface area contributed by atoms with Crippen molar-refractivity contribution in [3.8, 4) is 0 Å². The van der Waals surface area contributed by atoms with E-state index in [4.69, 9.17) is 9.47 Å². The van der Waals surface area contributed by atoms with E-state index in [0.29, 0.717) is 0 Å². The number of anilines is 1. The quantitative estimate of drug-likeness (QED) is 0.437. The summed E-state index contributed by atoms with van der Waals surface area (Å²) in [5.74, 6) is -1.13. The fourth-order valence-corrected chi connectivity index (χ4v) is 1.59. The van der Waals surface area contributed by atoms with Crippen LogP contribution in [-0.2, 0) is 19.1 Å². The zero-order valence-electron chi connectivity index (χ0n) is 12.5. The summed E-state index contributed by atoms with van der Waals surface area (Å²) >= 11 is 0. The molecule has 0 saturated carbocycles. The van der Waals surface area contributed by atoms with Crippen molar-refractivity contribution in [2.75, 3.05) is 25.3 Å². The molecule has 0 aliphatic rings. The predicted molar refractivity (Wildman–Crippen MR) is 80.2 cm³/mol. The van der Waals surface area contributed by atoms with Gasteiger partial charge in [0.2, 0.25) is 0 Å². The van der Waals surface area contributed by atoms with E-state index in [0.717, 1.165) is 5.69 Å². The summed E-state index contributed by atoms with van der Waals surface area (Å²) in [7, 11) is 1.69. The van der Waals surface area contributed by atoms with Crippen molar-refractivity contribution in [3.63, 3.8) is 0 Å². The molecule has 0 fully saturated rings. The van der Waals surface area contributed by atoms with Crippen molar-refractivity contribution in [2.45, 2.75) is 20.3 Å². The molecule has 0 heterocycles. The van der Waals surface area contributed by atoms with E-state index in [2.05, 4.69) is 5.10 Å². The maximum Gasteiger partial charge on any atom is 0.355 e. The molecule has 1 aromatic carbocycles. The first-order valence-corrected chi connectivity index (χ1v) is 6.77. The first-order valence-electron chi connectivity index (χ1n) is 6.77. The largest absolute Gasteiger partial charge is 0.466 e. The SMILES string of the molecule is CCOC(=O)C/C(=N\N(C)c1ccccc1)C(=O)OCC. The normalized spacial score (nSPS) is 10.9. The summed E-state index contributed by atoms with van der Waals surface area (Å²) in [5.41, 5.74) is 0.810. The maximum atomic E-state index is 11.9. The summed E-state index contributed by atoms with van der Waals surface area (Å²) in [4.78, 5) is 23.4. The van der Waals surface area contributed by atoms with Gasteiger partial charge in [0.05, 0.1) is 25.3 Å². The number of hydrogen-bond acceptors (Lipinski definition) is 6. The number of hydrogen-bond donors (Lipinski definition) is 0. The van der Waals surface area contributed by atoms with Gasteiger partial charge in [-0.25, -0.2) is 4.79 Å². The van der Waals surface area contributed by atoms with Gasteiger partial charge in [-0.05, 0) is 26.0 Å². The molecule has 0 unspecified atom stereocenters. The van der Waals surface area contributed by atoms with Gasteiger partial charge in [-0.2, -0.15) is 5.10 Å². The molecule has 1 rings (SSSR count). The van der Waals surface area contributed by atoms with Crippen molar-refractivity contribution >= 4 is 23.3 Å². The molecule has 21 heavy (non-hydrogen) atoms. The Labute approximate surface area is 124 Å². The zero-order chi connectivity index (χ0) is 15.7. The van der Waals surface area contributed by atoms with E-state index in [9.17, 15) is 9.59 Å². The van der Waals surface area contributed by atoms with E-state index in [1.54, 1.807) is 20.9 Å². The topological polar surface area (TPSA) is 68.2 Å². The molecule has 0 amide bonds. The Balaban J connectivity index is 2.91. The van der Waals surface area contributed by atoms with Crippen LogP contribution >= 0.6 is 0 Å². The lowest BCUT2D eigenvalue weighted by Crippen LogP contribution is -2.25. The highest BCUT2D eigenvalue weighted by atomic mass is 16.5. The van der Waals surface area contributed by atoms with E-state index in [-0.39, 0.29) is 25.3 Å². The molecule has 0 saturated heterocycles. The monoisotopic (exact) mass is 292 g/mol. The maximum absolute atomic E-state index is 11.9. The Kier molecular flexibility index (Phi) is 6.94. The third-order valence-corrected chi connectivity index (χ3v) is 2.53. The molecule has 6 heteroatoms. The summed E-state index contributed by atoms with van der Waals surface area (Å²) in [5, 5.41) is 5.68. The third-order valence-electron chi connectivity index (χ3n) is 2.53. The number of ether oxygens (including phenoxy) is 2. The van der Waals surface area contributed by atoms with Crippen molar-refractivity contribution in [2.24, 2.45) is 5.10 Å². The summed E-state index contributed by atoms with van der Waals surface area (Å²) in [6, 6.07) is 9.28. The molecule has 0 atom stereocenters.